The van der Waals surface area contributed by atoms with Crippen molar-refractivity contribution in [1.82, 2.24) is 9.97 Å². The van der Waals surface area contributed by atoms with E-state index in [0.29, 0.717) is 11.2 Å². The number of nitrogens with zero attached hydrogens (tertiary/aromatic N) is 2. The van der Waals surface area contributed by atoms with Gasteiger partial charge >= 0.3 is 5.97 Å². The normalized spacial score (nSPS) is 9.86. The zero-order chi connectivity index (χ0) is 10.4. The summed E-state index contributed by atoms with van der Waals surface area (Å²) < 4.78 is 5.55. The summed E-state index contributed by atoms with van der Waals surface area (Å²) in [7, 11) is 0. The van der Waals surface area contributed by atoms with E-state index in [9.17, 15) is 4.79 Å². The molecule has 5 heteroatoms. The second-order valence-corrected chi connectivity index (χ2v) is 3.53. The smallest absolute Gasteiger partial charge is 0.357 e. The van der Waals surface area contributed by atoms with E-state index in [0.717, 1.165) is 12.8 Å². The van der Waals surface area contributed by atoms with Crippen molar-refractivity contribution in [2.75, 3.05) is 6.61 Å². The molecule has 4 nitrogen and oxygen atoms in total. The van der Waals surface area contributed by atoms with Crippen molar-refractivity contribution in [1.29, 1.82) is 0 Å². The first-order valence-corrected chi connectivity index (χ1v) is 5.18. The largest absolute Gasteiger partial charge is 0.461 e. The van der Waals surface area contributed by atoms with Crippen LogP contribution in [0.3, 0.4) is 0 Å². The monoisotopic (exact) mass is 258 g/mol. The third kappa shape index (κ3) is 3.41. The van der Waals surface area contributed by atoms with Gasteiger partial charge in [0, 0.05) is 6.07 Å². The summed E-state index contributed by atoms with van der Waals surface area (Å²) in [6, 6.07) is 1.54. The average Bonchev–Trinajstić information content (AvgIpc) is 2.18. The zero-order valence-electron chi connectivity index (χ0n) is 7.86. The molecule has 76 valence electrons. The van der Waals surface area contributed by atoms with Crippen LogP contribution in [0.5, 0.6) is 0 Å². The molecule has 0 unspecified atom stereocenters. The Labute approximate surface area is 90.8 Å². The first kappa shape index (κ1) is 11.1. The lowest BCUT2D eigenvalue weighted by Crippen LogP contribution is -2.08. The first-order chi connectivity index (χ1) is 6.74. The van der Waals surface area contributed by atoms with Gasteiger partial charge in [0.15, 0.2) is 5.69 Å². The van der Waals surface area contributed by atoms with Crippen molar-refractivity contribution in [2.24, 2.45) is 0 Å². The number of halogens is 1. The van der Waals surface area contributed by atoms with E-state index in [1.54, 1.807) is 0 Å². The molecule has 0 aliphatic carbocycles. The molecule has 1 aromatic rings. The Bertz CT molecular complexity index is 317. The number of hydrogen-bond acceptors (Lipinski definition) is 4. The number of rotatable bonds is 4. The van der Waals surface area contributed by atoms with Gasteiger partial charge in [-0.1, -0.05) is 13.3 Å². The van der Waals surface area contributed by atoms with Crippen LogP contribution in [0.4, 0.5) is 0 Å². The van der Waals surface area contributed by atoms with Crippen molar-refractivity contribution in [3.8, 4) is 0 Å². The maximum absolute atomic E-state index is 11.3. The van der Waals surface area contributed by atoms with Crippen molar-refractivity contribution in [3.63, 3.8) is 0 Å². The minimum absolute atomic E-state index is 0.281. The molecule has 0 radical (unpaired) electrons. The lowest BCUT2D eigenvalue weighted by Gasteiger charge is -2.02. The minimum atomic E-state index is -0.401. The van der Waals surface area contributed by atoms with Crippen LogP contribution < -0.4 is 0 Å². The highest BCUT2D eigenvalue weighted by atomic mass is 79.9. The molecule has 1 aromatic heterocycles. The maximum Gasteiger partial charge on any atom is 0.357 e. The third-order valence-electron chi connectivity index (χ3n) is 1.57. The number of carbonyl (C=O) groups excluding carboxylic acids is 1. The number of unbranched alkanes of at least 4 members (excludes halogenated alkanes) is 1. The van der Waals surface area contributed by atoms with Gasteiger partial charge in [-0.2, -0.15) is 0 Å². The number of aromatic nitrogens is 2. The summed E-state index contributed by atoms with van der Waals surface area (Å²) in [6.45, 7) is 2.48. The molecular weight excluding hydrogens is 248 g/mol. The van der Waals surface area contributed by atoms with Crippen molar-refractivity contribution >= 4 is 21.9 Å². The molecule has 0 amide bonds. The van der Waals surface area contributed by atoms with Crippen molar-refractivity contribution < 1.29 is 9.53 Å². The van der Waals surface area contributed by atoms with Gasteiger partial charge in [0.1, 0.15) is 10.9 Å². The Balaban J connectivity index is 2.52. The number of carbonyl (C=O) groups is 1. The van der Waals surface area contributed by atoms with Gasteiger partial charge < -0.3 is 4.74 Å². The fourth-order valence-electron chi connectivity index (χ4n) is 0.828. The van der Waals surface area contributed by atoms with Crippen LogP contribution in [0.2, 0.25) is 0 Å². The van der Waals surface area contributed by atoms with E-state index >= 15 is 0 Å². The van der Waals surface area contributed by atoms with Gasteiger partial charge in [0.05, 0.1) is 6.61 Å². The van der Waals surface area contributed by atoms with E-state index in [2.05, 4.69) is 25.9 Å². The lowest BCUT2D eigenvalue weighted by atomic mass is 10.3. The number of hydrogen-bond donors (Lipinski definition) is 0. The Kier molecular flexibility index (Phi) is 4.52. The van der Waals surface area contributed by atoms with Gasteiger partial charge in [-0.25, -0.2) is 14.8 Å². The van der Waals surface area contributed by atoms with Gasteiger partial charge in [0.2, 0.25) is 0 Å². The maximum atomic E-state index is 11.3. The van der Waals surface area contributed by atoms with Crippen molar-refractivity contribution in [2.45, 2.75) is 19.8 Å². The average molecular weight is 259 g/mol. The molecule has 1 heterocycles. The van der Waals surface area contributed by atoms with Crippen LogP contribution >= 0.6 is 15.9 Å². The zero-order valence-corrected chi connectivity index (χ0v) is 9.45. The summed E-state index contributed by atoms with van der Waals surface area (Å²) in [6.07, 6.45) is 3.19. The highest BCUT2D eigenvalue weighted by molar-refractivity contribution is 9.10. The Morgan fingerprint density at radius 1 is 1.57 bits per heavy atom. The minimum Gasteiger partial charge on any atom is -0.461 e. The van der Waals surface area contributed by atoms with E-state index in [-0.39, 0.29) is 5.69 Å². The summed E-state index contributed by atoms with van der Waals surface area (Å²) in [5, 5.41) is 0. The Morgan fingerprint density at radius 2 is 2.36 bits per heavy atom. The lowest BCUT2D eigenvalue weighted by molar-refractivity contribution is 0.0492. The van der Waals surface area contributed by atoms with Crippen molar-refractivity contribution in [3.05, 3.63) is 22.7 Å². The standard InChI is InChI=1S/C9H11BrN2O2/c1-2-3-4-14-9(13)7-5-8(10)12-6-11-7/h5-6H,2-4H2,1H3. The highest BCUT2D eigenvalue weighted by Gasteiger charge is 2.08. The first-order valence-electron chi connectivity index (χ1n) is 4.38. The summed E-state index contributed by atoms with van der Waals surface area (Å²) in [5.41, 5.74) is 0.281. The Morgan fingerprint density at radius 3 is 3.00 bits per heavy atom. The van der Waals surface area contributed by atoms with Gasteiger partial charge in [-0.3, -0.25) is 0 Å². The van der Waals surface area contributed by atoms with Gasteiger partial charge in [0.25, 0.3) is 0 Å². The molecule has 0 aliphatic rings. The topological polar surface area (TPSA) is 52.1 Å². The fourth-order valence-corrected chi connectivity index (χ4v) is 1.14. The summed E-state index contributed by atoms with van der Waals surface area (Å²) in [4.78, 5) is 19.0. The summed E-state index contributed by atoms with van der Waals surface area (Å²) in [5.74, 6) is -0.401. The van der Waals surface area contributed by atoms with Crippen LogP contribution in [-0.4, -0.2) is 22.5 Å². The second kappa shape index (κ2) is 5.70. The molecule has 1 rings (SSSR count). The molecule has 0 aromatic carbocycles. The van der Waals surface area contributed by atoms with Crippen LogP contribution in [-0.2, 0) is 4.74 Å². The molecule has 0 saturated heterocycles. The second-order valence-electron chi connectivity index (χ2n) is 2.72. The fraction of sp³-hybridized carbons (Fsp3) is 0.444. The SMILES string of the molecule is CCCCOC(=O)c1cc(Br)ncn1. The van der Waals surface area contributed by atoms with E-state index in [1.165, 1.54) is 12.4 Å². The molecule has 14 heavy (non-hydrogen) atoms. The van der Waals surface area contributed by atoms with E-state index in [1.807, 2.05) is 6.92 Å². The number of esters is 1. The highest BCUT2D eigenvalue weighted by Crippen LogP contribution is 2.06. The molecule has 0 N–H and O–H groups in total. The molecule has 0 saturated carbocycles. The molecule has 0 aliphatic heterocycles. The van der Waals surface area contributed by atoms with Crippen LogP contribution in [0.15, 0.2) is 17.0 Å². The predicted molar refractivity (Wildman–Crippen MR) is 54.9 cm³/mol. The van der Waals surface area contributed by atoms with Crippen LogP contribution in [0, 0.1) is 0 Å². The molecular formula is C9H11BrN2O2. The van der Waals surface area contributed by atoms with Gasteiger partial charge in [-0.15, -0.1) is 0 Å². The van der Waals surface area contributed by atoms with Crippen LogP contribution in [0.1, 0.15) is 30.3 Å². The number of ether oxygens (including phenoxy) is 1. The van der Waals surface area contributed by atoms with E-state index in [4.69, 9.17) is 4.74 Å². The summed E-state index contributed by atoms with van der Waals surface area (Å²) >= 11 is 3.15. The quantitative estimate of drug-likeness (QED) is 0.472. The molecule has 0 fully saturated rings. The molecule has 0 spiro atoms. The third-order valence-corrected chi connectivity index (χ3v) is 2.01. The predicted octanol–water partition coefficient (Wildman–Crippen LogP) is 2.20. The molecule has 0 atom stereocenters. The van der Waals surface area contributed by atoms with Crippen LogP contribution in [0.25, 0.3) is 0 Å². The van der Waals surface area contributed by atoms with Gasteiger partial charge in [-0.05, 0) is 22.4 Å². The Hall–Kier alpha value is -0.970. The van der Waals surface area contributed by atoms with E-state index < -0.39 is 5.97 Å². The molecule has 0 bridgehead atoms.